The second-order valence-electron chi connectivity index (χ2n) is 5.94. The van der Waals surface area contributed by atoms with Crippen LogP contribution in [0, 0.1) is 10.1 Å². The Kier molecular flexibility index (Phi) is 4.92. The van der Waals surface area contributed by atoms with Gasteiger partial charge in [-0.2, -0.15) is 0 Å². The zero-order chi connectivity index (χ0) is 18.7. The molecular weight excluding hydrogens is 338 g/mol. The number of ether oxygens (including phenoxy) is 1. The summed E-state index contributed by atoms with van der Waals surface area (Å²) in [6.07, 6.45) is 0. The third-order valence-electron chi connectivity index (χ3n) is 4.40. The van der Waals surface area contributed by atoms with Crippen molar-refractivity contribution in [3.8, 4) is 11.5 Å². The summed E-state index contributed by atoms with van der Waals surface area (Å²) in [6, 6.07) is 11.4. The quantitative estimate of drug-likeness (QED) is 0.666. The Hall–Kier alpha value is -3.29. The zero-order valence-corrected chi connectivity index (χ0v) is 14.3. The SMILES string of the molecule is COc1cccc(N2CCN(C(=O)c3ccc([N+](=O)[O-])c(O)c3)CC2)c1. The molecule has 0 saturated carbocycles. The van der Waals surface area contributed by atoms with E-state index < -0.39 is 16.4 Å². The van der Waals surface area contributed by atoms with Gasteiger partial charge in [-0.1, -0.05) is 6.07 Å². The number of amides is 1. The van der Waals surface area contributed by atoms with Crippen molar-refractivity contribution < 1.29 is 19.6 Å². The van der Waals surface area contributed by atoms with Gasteiger partial charge in [-0.3, -0.25) is 14.9 Å². The number of aromatic hydroxyl groups is 1. The van der Waals surface area contributed by atoms with Crippen LogP contribution in [-0.2, 0) is 0 Å². The van der Waals surface area contributed by atoms with Crippen molar-refractivity contribution in [3.05, 3.63) is 58.1 Å². The van der Waals surface area contributed by atoms with E-state index in [-0.39, 0.29) is 11.5 Å². The number of hydrogen-bond acceptors (Lipinski definition) is 6. The second kappa shape index (κ2) is 7.30. The summed E-state index contributed by atoms with van der Waals surface area (Å²) in [6.45, 7) is 2.37. The van der Waals surface area contributed by atoms with Gasteiger partial charge < -0.3 is 19.6 Å². The number of carbonyl (C=O) groups excluding carboxylic acids is 1. The Bertz CT molecular complexity index is 831. The monoisotopic (exact) mass is 357 g/mol. The highest BCUT2D eigenvalue weighted by Gasteiger charge is 2.24. The molecule has 0 spiro atoms. The van der Waals surface area contributed by atoms with Crippen LogP contribution in [0.25, 0.3) is 0 Å². The molecule has 0 bridgehead atoms. The van der Waals surface area contributed by atoms with Crippen LogP contribution in [0.4, 0.5) is 11.4 Å². The number of phenols is 1. The maximum atomic E-state index is 12.6. The van der Waals surface area contributed by atoms with Gasteiger partial charge in [0, 0.05) is 49.6 Å². The molecule has 3 rings (SSSR count). The van der Waals surface area contributed by atoms with Crippen molar-refractivity contribution >= 4 is 17.3 Å². The minimum Gasteiger partial charge on any atom is -0.502 e. The number of rotatable bonds is 4. The summed E-state index contributed by atoms with van der Waals surface area (Å²) in [5.74, 6) is 0.0266. The summed E-state index contributed by atoms with van der Waals surface area (Å²) in [5.41, 5.74) is 0.858. The van der Waals surface area contributed by atoms with Crippen molar-refractivity contribution in [2.75, 3.05) is 38.2 Å². The molecule has 1 heterocycles. The van der Waals surface area contributed by atoms with Crippen LogP contribution >= 0.6 is 0 Å². The number of hydrogen-bond donors (Lipinski definition) is 1. The largest absolute Gasteiger partial charge is 0.502 e. The molecule has 136 valence electrons. The Labute approximate surface area is 150 Å². The first-order valence-electron chi connectivity index (χ1n) is 8.15. The van der Waals surface area contributed by atoms with Gasteiger partial charge in [-0.05, 0) is 24.3 Å². The van der Waals surface area contributed by atoms with E-state index in [9.17, 15) is 20.0 Å². The third-order valence-corrected chi connectivity index (χ3v) is 4.40. The molecule has 1 amide bonds. The molecule has 1 N–H and O–H groups in total. The van der Waals surface area contributed by atoms with Crippen molar-refractivity contribution in [3.63, 3.8) is 0 Å². The van der Waals surface area contributed by atoms with Crippen LogP contribution in [0.2, 0.25) is 0 Å². The number of nitrogens with zero attached hydrogens (tertiary/aromatic N) is 3. The topological polar surface area (TPSA) is 96.2 Å². The van der Waals surface area contributed by atoms with E-state index in [0.717, 1.165) is 23.6 Å². The molecule has 1 aliphatic rings. The number of nitro benzene ring substituents is 1. The standard InChI is InChI=1S/C18H19N3O5/c1-26-15-4-2-3-14(12-15)19-7-9-20(10-8-19)18(23)13-5-6-16(21(24)25)17(22)11-13/h2-6,11-12,22H,7-10H2,1H3. The van der Waals surface area contributed by atoms with E-state index in [1.807, 2.05) is 24.3 Å². The molecule has 8 nitrogen and oxygen atoms in total. The molecule has 1 saturated heterocycles. The lowest BCUT2D eigenvalue weighted by molar-refractivity contribution is -0.385. The minimum absolute atomic E-state index is 0.239. The third kappa shape index (κ3) is 3.53. The molecule has 0 unspecified atom stereocenters. The molecule has 2 aromatic carbocycles. The minimum atomic E-state index is -0.684. The zero-order valence-electron chi connectivity index (χ0n) is 14.3. The molecule has 1 aliphatic heterocycles. The number of anilines is 1. The fraction of sp³-hybridized carbons (Fsp3) is 0.278. The van der Waals surface area contributed by atoms with Crippen LogP contribution in [-0.4, -0.2) is 54.1 Å². The van der Waals surface area contributed by atoms with Gasteiger partial charge in [0.1, 0.15) is 5.75 Å². The predicted octanol–water partition coefficient (Wildman–Crippen LogP) is 2.27. The summed E-state index contributed by atoms with van der Waals surface area (Å²) in [4.78, 5) is 26.5. The van der Waals surface area contributed by atoms with Crippen molar-refractivity contribution in [2.24, 2.45) is 0 Å². The van der Waals surface area contributed by atoms with Gasteiger partial charge in [0.15, 0.2) is 5.75 Å². The van der Waals surface area contributed by atoms with Crippen LogP contribution in [0.15, 0.2) is 42.5 Å². The Morgan fingerprint density at radius 3 is 2.50 bits per heavy atom. The molecule has 2 aromatic rings. The van der Waals surface area contributed by atoms with E-state index in [0.29, 0.717) is 26.2 Å². The molecule has 8 heteroatoms. The highest BCUT2D eigenvalue weighted by molar-refractivity contribution is 5.95. The maximum Gasteiger partial charge on any atom is 0.310 e. The summed E-state index contributed by atoms with van der Waals surface area (Å²) in [5, 5.41) is 20.5. The summed E-state index contributed by atoms with van der Waals surface area (Å²) < 4.78 is 5.24. The molecule has 26 heavy (non-hydrogen) atoms. The van der Waals surface area contributed by atoms with Gasteiger partial charge >= 0.3 is 5.69 Å². The van der Waals surface area contributed by atoms with E-state index in [2.05, 4.69) is 4.90 Å². The summed E-state index contributed by atoms with van der Waals surface area (Å²) in [7, 11) is 1.62. The normalized spacial score (nSPS) is 14.2. The average Bonchev–Trinajstić information content (AvgIpc) is 2.67. The average molecular weight is 357 g/mol. The lowest BCUT2D eigenvalue weighted by Gasteiger charge is -2.36. The summed E-state index contributed by atoms with van der Waals surface area (Å²) >= 11 is 0. The van der Waals surface area contributed by atoms with Crippen molar-refractivity contribution in [1.29, 1.82) is 0 Å². The number of carbonyl (C=O) groups is 1. The lowest BCUT2D eigenvalue weighted by Crippen LogP contribution is -2.48. The first-order chi connectivity index (χ1) is 12.5. The maximum absolute atomic E-state index is 12.6. The molecule has 0 atom stereocenters. The molecule has 0 aromatic heterocycles. The Morgan fingerprint density at radius 1 is 1.15 bits per heavy atom. The van der Waals surface area contributed by atoms with Crippen molar-refractivity contribution in [1.82, 2.24) is 4.90 Å². The van der Waals surface area contributed by atoms with Gasteiger partial charge in [-0.25, -0.2) is 0 Å². The van der Waals surface area contributed by atoms with Crippen LogP contribution in [0.5, 0.6) is 11.5 Å². The van der Waals surface area contributed by atoms with Crippen LogP contribution < -0.4 is 9.64 Å². The number of nitro groups is 1. The van der Waals surface area contributed by atoms with Crippen LogP contribution in [0.3, 0.4) is 0 Å². The first-order valence-corrected chi connectivity index (χ1v) is 8.15. The van der Waals surface area contributed by atoms with E-state index in [1.165, 1.54) is 6.07 Å². The molecule has 1 fully saturated rings. The Morgan fingerprint density at radius 2 is 1.88 bits per heavy atom. The van der Waals surface area contributed by atoms with Gasteiger partial charge in [0.05, 0.1) is 12.0 Å². The number of phenolic OH excluding ortho intramolecular Hbond substituents is 1. The fourth-order valence-corrected chi connectivity index (χ4v) is 2.97. The molecule has 0 aliphatic carbocycles. The first kappa shape index (κ1) is 17.5. The van der Waals surface area contributed by atoms with Crippen LogP contribution in [0.1, 0.15) is 10.4 Å². The smallest absolute Gasteiger partial charge is 0.310 e. The van der Waals surface area contributed by atoms with E-state index >= 15 is 0 Å². The second-order valence-corrected chi connectivity index (χ2v) is 5.94. The lowest BCUT2D eigenvalue weighted by atomic mass is 10.1. The van der Waals surface area contributed by atoms with E-state index in [4.69, 9.17) is 4.74 Å². The van der Waals surface area contributed by atoms with E-state index in [1.54, 1.807) is 12.0 Å². The highest BCUT2D eigenvalue weighted by atomic mass is 16.6. The number of piperazine rings is 1. The predicted molar refractivity (Wildman–Crippen MR) is 95.9 cm³/mol. The fourth-order valence-electron chi connectivity index (χ4n) is 2.97. The van der Waals surface area contributed by atoms with Crippen molar-refractivity contribution in [2.45, 2.75) is 0 Å². The number of methoxy groups -OCH3 is 1. The van der Waals surface area contributed by atoms with Gasteiger partial charge in [-0.15, -0.1) is 0 Å². The van der Waals surface area contributed by atoms with Gasteiger partial charge in [0.25, 0.3) is 5.91 Å². The number of benzene rings is 2. The molecular formula is C18H19N3O5. The highest BCUT2D eigenvalue weighted by Crippen LogP contribution is 2.27. The Balaban J connectivity index is 1.66. The molecule has 0 radical (unpaired) electrons. The van der Waals surface area contributed by atoms with Gasteiger partial charge in [0.2, 0.25) is 0 Å².